The number of nitrogens with one attached hydrogen (secondary N) is 2. The Morgan fingerprint density at radius 1 is 1.17 bits per heavy atom. The summed E-state index contributed by atoms with van der Waals surface area (Å²) in [6, 6.07) is 8.85. The number of anilines is 4. The van der Waals surface area contributed by atoms with Crippen LogP contribution in [0.25, 0.3) is 11.0 Å². The lowest BCUT2D eigenvalue weighted by molar-refractivity contribution is 0.0951. The highest BCUT2D eigenvalue weighted by atomic mass is 35.5. The number of thiophene rings is 1. The van der Waals surface area contributed by atoms with E-state index in [4.69, 9.17) is 23.1 Å². The van der Waals surface area contributed by atoms with Crippen LogP contribution in [-0.2, 0) is 6.54 Å². The summed E-state index contributed by atoms with van der Waals surface area (Å²) >= 11 is 7.77. The van der Waals surface area contributed by atoms with Gasteiger partial charge in [-0.05, 0) is 29.6 Å². The molecule has 29 heavy (non-hydrogen) atoms. The van der Waals surface area contributed by atoms with Gasteiger partial charge in [0.25, 0.3) is 5.91 Å². The second-order valence-electron chi connectivity index (χ2n) is 5.98. The molecule has 146 valence electrons. The number of nitrogen functional groups attached to an aromatic ring is 2. The molecule has 1 aromatic carbocycles. The van der Waals surface area contributed by atoms with Crippen LogP contribution in [0.15, 0.2) is 41.9 Å². The maximum absolute atomic E-state index is 12.5. The van der Waals surface area contributed by atoms with E-state index in [1.165, 1.54) is 6.20 Å². The first-order chi connectivity index (χ1) is 14.0. The molecule has 0 bridgehead atoms. The maximum Gasteiger partial charge on any atom is 0.253 e. The Hall–Kier alpha value is -3.50. The van der Waals surface area contributed by atoms with Crippen LogP contribution in [0.3, 0.4) is 0 Å². The molecule has 0 aliphatic carbocycles. The van der Waals surface area contributed by atoms with Gasteiger partial charge in [0.05, 0.1) is 22.5 Å². The zero-order valence-electron chi connectivity index (χ0n) is 14.9. The van der Waals surface area contributed by atoms with Crippen LogP contribution in [0, 0.1) is 0 Å². The van der Waals surface area contributed by atoms with E-state index in [0.29, 0.717) is 33.9 Å². The van der Waals surface area contributed by atoms with Crippen molar-refractivity contribution in [2.24, 2.45) is 0 Å². The molecule has 0 saturated heterocycles. The number of nitrogens with two attached hydrogens (primary N) is 2. The molecule has 0 aliphatic rings. The molecular weight excluding hydrogens is 412 g/mol. The number of rotatable bonds is 5. The SMILES string of the molecule is Nc1nc(N)c2cnc(Nc3ccc(Cl)c(C(=O)NCc4cccs4)c3)nc2n1. The highest BCUT2D eigenvalue weighted by Gasteiger charge is 2.13. The third-order valence-electron chi connectivity index (χ3n) is 3.97. The van der Waals surface area contributed by atoms with E-state index in [-0.39, 0.29) is 23.6 Å². The topological polar surface area (TPSA) is 145 Å². The van der Waals surface area contributed by atoms with Gasteiger partial charge in [-0.15, -0.1) is 11.3 Å². The van der Waals surface area contributed by atoms with E-state index < -0.39 is 0 Å². The smallest absolute Gasteiger partial charge is 0.253 e. The lowest BCUT2D eigenvalue weighted by Gasteiger charge is -2.10. The molecule has 11 heteroatoms. The van der Waals surface area contributed by atoms with E-state index in [1.807, 2.05) is 17.5 Å². The van der Waals surface area contributed by atoms with Crippen molar-refractivity contribution in [2.75, 3.05) is 16.8 Å². The third-order valence-corrected chi connectivity index (χ3v) is 5.18. The minimum atomic E-state index is -0.278. The first-order valence-corrected chi connectivity index (χ1v) is 9.68. The summed E-state index contributed by atoms with van der Waals surface area (Å²) in [6.07, 6.45) is 1.50. The number of carbonyl (C=O) groups excluding carboxylic acids is 1. The number of benzene rings is 1. The Morgan fingerprint density at radius 2 is 2.03 bits per heavy atom. The van der Waals surface area contributed by atoms with Gasteiger partial charge in [0.1, 0.15) is 5.82 Å². The summed E-state index contributed by atoms with van der Waals surface area (Å²) in [5, 5.41) is 8.67. The molecule has 3 heterocycles. The zero-order valence-corrected chi connectivity index (χ0v) is 16.5. The minimum absolute atomic E-state index is 0.0239. The molecule has 0 unspecified atom stereocenters. The lowest BCUT2D eigenvalue weighted by atomic mass is 10.2. The molecule has 0 radical (unpaired) electrons. The van der Waals surface area contributed by atoms with Crippen LogP contribution >= 0.6 is 22.9 Å². The van der Waals surface area contributed by atoms with Gasteiger partial charge in [-0.2, -0.15) is 15.0 Å². The molecule has 0 fully saturated rings. The Morgan fingerprint density at radius 3 is 2.83 bits per heavy atom. The van der Waals surface area contributed by atoms with Gasteiger partial charge in [0.2, 0.25) is 11.9 Å². The van der Waals surface area contributed by atoms with Gasteiger partial charge in [0.15, 0.2) is 5.65 Å². The molecule has 4 aromatic rings. The van der Waals surface area contributed by atoms with Crippen molar-refractivity contribution >= 4 is 63.3 Å². The van der Waals surface area contributed by atoms with Crippen LogP contribution in [0.5, 0.6) is 0 Å². The van der Waals surface area contributed by atoms with Crippen molar-refractivity contribution in [3.8, 4) is 0 Å². The number of carbonyl (C=O) groups is 1. The van der Waals surface area contributed by atoms with Gasteiger partial charge < -0.3 is 22.1 Å². The van der Waals surface area contributed by atoms with E-state index >= 15 is 0 Å². The van der Waals surface area contributed by atoms with E-state index in [0.717, 1.165) is 4.88 Å². The summed E-state index contributed by atoms with van der Waals surface area (Å²) in [6.45, 7) is 0.431. The number of halogens is 1. The van der Waals surface area contributed by atoms with Gasteiger partial charge in [-0.3, -0.25) is 4.79 Å². The number of hydrogen-bond donors (Lipinski definition) is 4. The molecule has 0 saturated carbocycles. The van der Waals surface area contributed by atoms with E-state index in [2.05, 4.69) is 30.6 Å². The van der Waals surface area contributed by atoms with E-state index in [9.17, 15) is 4.79 Å². The van der Waals surface area contributed by atoms with Crippen molar-refractivity contribution in [1.29, 1.82) is 0 Å². The molecule has 0 atom stereocenters. The average molecular weight is 427 g/mol. The average Bonchev–Trinajstić information content (AvgIpc) is 3.21. The predicted octanol–water partition coefficient (Wildman–Crippen LogP) is 2.97. The first kappa shape index (κ1) is 18.8. The fraction of sp³-hybridized carbons (Fsp3) is 0.0556. The van der Waals surface area contributed by atoms with Crippen LogP contribution in [0.4, 0.5) is 23.4 Å². The van der Waals surface area contributed by atoms with Crippen molar-refractivity contribution in [3.05, 3.63) is 57.4 Å². The molecular formula is C18H15ClN8OS. The van der Waals surface area contributed by atoms with Crippen LogP contribution in [0.2, 0.25) is 5.02 Å². The molecule has 9 nitrogen and oxygen atoms in total. The molecule has 0 aliphatic heterocycles. The summed E-state index contributed by atoms with van der Waals surface area (Å²) in [5.41, 5.74) is 12.7. The fourth-order valence-corrected chi connectivity index (χ4v) is 3.45. The van der Waals surface area contributed by atoms with Crippen molar-refractivity contribution in [3.63, 3.8) is 0 Å². The van der Waals surface area contributed by atoms with Crippen LogP contribution in [0.1, 0.15) is 15.2 Å². The quantitative estimate of drug-likeness (QED) is 0.381. The van der Waals surface area contributed by atoms with Crippen molar-refractivity contribution in [1.82, 2.24) is 25.3 Å². The Balaban J connectivity index is 1.55. The molecule has 4 rings (SSSR count). The molecule has 6 N–H and O–H groups in total. The summed E-state index contributed by atoms with van der Waals surface area (Å²) in [4.78, 5) is 30.0. The number of aromatic nitrogens is 4. The summed E-state index contributed by atoms with van der Waals surface area (Å²) in [5.74, 6) is 0.216. The summed E-state index contributed by atoms with van der Waals surface area (Å²) < 4.78 is 0. The number of fused-ring (bicyclic) bond motifs is 1. The maximum atomic E-state index is 12.5. The highest BCUT2D eigenvalue weighted by molar-refractivity contribution is 7.09. The monoisotopic (exact) mass is 426 g/mol. The van der Waals surface area contributed by atoms with Gasteiger partial charge >= 0.3 is 0 Å². The normalized spacial score (nSPS) is 10.8. The lowest BCUT2D eigenvalue weighted by Crippen LogP contribution is -2.22. The largest absolute Gasteiger partial charge is 0.383 e. The molecule has 1 amide bonds. The van der Waals surface area contributed by atoms with Crippen molar-refractivity contribution < 1.29 is 4.79 Å². The zero-order chi connectivity index (χ0) is 20.4. The minimum Gasteiger partial charge on any atom is -0.383 e. The van der Waals surface area contributed by atoms with Crippen molar-refractivity contribution in [2.45, 2.75) is 6.54 Å². The third kappa shape index (κ3) is 4.18. The molecule has 0 spiro atoms. The Labute approximate surface area is 174 Å². The first-order valence-electron chi connectivity index (χ1n) is 8.42. The Kier molecular flexibility index (Phi) is 5.10. The highest BCUT2D eigenvalue weighted by Crippen LogP contribution is 2.24. The van der Waals surface area contributed by atoms with Gasteiger partial charge in [-0.1, -0.05) is 17.7 Å². The number of hydrogen-bond acceptors (Lipinski definition) is 9. The molecule has 3 aromatic heterocycles. The fourth-order valence-electron chi connectivity index (χ4n) is 2.60. The van der Waals surface area contributed by atoms with Crippen LogP contribution < -0.4 is 22.1 Å². The number of amides is 1. The predicted molar refractivity (Wildman–Crippen MR) is 114 cm³/mol. The Bertz CT molecular complexity index is 1200. The van der Waals surface area contributed by atoms with Gasteiger partial charge in [0, 0.05) is 16.8 Å². The second-order valence-corrected chi connectivity index (χ2v) is 7.42. The summed E-state index contributed by atoms with van der Waals surface area (Å²) in [7, 11) is 0. The van der Waals surface area contributed by atoms with E-state index in [1.54, 1.807) is 29.5 Å². The second kappa shape index (κ2) is 7.86. The van der Waals surface area contributed by atoms with Gasteiger partial charge in [-0.25, -0.2) is 4.98 Å². The number of nitrogens with zero attached hydrogens (tertiary/aromatic N) is 4. The van der Waals surface area contributed by atoms with Crippen LogP contribution in [-0.4, -0.2) is 25.8 Å². The standard InChI is InChI=1S/C18H15ClN8OS/c19-13-4-3-9(6-11(13)16(28)22-7-10-2-1-5-29-10)24-18-23-8-12-14(20)25-17(21)26-15(12)27-18/h1-6,8H,7H2,(H,22,28)(H5,20,21,23,24,25,26,27).